The van der Waals surface area contributed by atoms with Crippen molar-refractivity contribution in [2.45, 2.75) is 6.18 Å². The first-order valence-corrected chi connectivity index (χ1v) is 2.93. The van der Waals surface area contributed by atoms with Gasteiger partial charge in [-0.05, 0) is 0 Å². The van der Waals surface area contributed by atoms with Crippen molar-refractivity contribution in [1.82, 2.24) is 4.98 Å². The molecule has 55 valence electrons. The summed E-state index contributed by atoms with van der Waals surface area (Å²) < 4.78 is 46.7. The predicted octanol–water partition coefficient (Wildman–Crippen LogP) is 2.10. The maximum absolute atomic E-state index is 12.1. The molecule has 0 bridgehead atoms. The van der Waals surface area contributed by atoms with Crippen molar-refractivity contribution in [3.05, 3.63) is 16.3 Å². The van der Waals surface area contributed by atoms with Crippen molar-refractivity contribution in [2.24, 2.45) is 0 Å². The molecule has 6 heteroatoms. The van der Waals surface area contributed by atoms with Crippen molar-refractivity contribution in [2.75, 3.05) is 0 Å². The van der Waals surface area contributed by atoms with Gasteiger partial charge in [0.05, 0.1) is 0 Å². The first-order valence-electron chi connectivity index (χ1n) is 2.11. The molecular formula is C4F4NS. The molecule has 0 atom stereocenters. The van der Waals surface area contributed by atoms with Crippen LogP contribution < -0.4 is 0 Å². The zero-order valence-corrected chi connectivity index (χ0v) is 5.18. The van der Waals surface area contributed by atoms with Crippen LogP contribution in [0.1, 0.15) is 5.69 Å². The van der Waals surface area contributed by atoms with Gasteiger partial charge >= 0.3 is 6.18 Å². The summed E-state index contributed by atoms with van der Waals surface area (Å²) in [6.45, 7) is 0. The van der Waals surface area contributed by atoms with Crippen LogP contribution in [0, 0.1) is 10.6 Å². The lowest BCUT2D eigenvalue weighted by Gasteiger charge is -1.99. The third-order valence-corrected chi connectivity index (χ3v) is 1.30. The fourth-order valence-electron chi connectivity index (χ4n) is 0.376. The van der Waals surface area contributed by atoms with Crippen molar-refractivity contribution in [3.63, 3.8) is 0 Å². The van der Waals surface area contributed by atoms with Crippen LogP contribution in [0.4, 0.5) is 17.6 Å². The monoisotopic (exact) mass is 170 g/mol. The molecule has 10 heavy (non-hydrogen) atoms. The Hall–Kier alpha value is -0.650. The third kappa shape index (κ3) is 1.26. The highest BCUT2D eigenvalue weighted by Gasteiger charge is 2.36. The molecule has 0 saturated heterocycles. The molecule has 0 amide bonds. The molecule has 0 aliphatic heterocycles. The van der Waals surface area contributed by atoms with Crippen LogP contribution in [0.3, 0.4) is 0 Å². The molecule has 0 unspecified atom stereocenters. The number of thiazole rings is 1. The Morgan fingerprint density at radius 1 is 1.40 bits per heavy atom. The van der Waals surface area contributed by atoms with E-state index in [0.29, 0.717) is 0 Å². The maximum Gasteiger partial charge on any atom is 0.437 e. The summed E-state index contributed by atoms with van der Waals surface area (Å²) in [6.07, 6.45) is -4.69. The van der Waals surface area contributed by atoms with Crippen LogP contribution in [0.5, 0.6) is 0 Å². The normalized spacial score (nSPS) is 12.0. The Morgan fingerprint density at radius 3 is 2.20 bits per heavy atom. The Kier molecular flexibility index (Phi) is 1.63. The van der Waals surface area contributed by atoms with Gasteiger partial charge in [0.2, 0.25) is 5.13 Å². The number of aromatic nitrogens is 1. The van der Waals surface area contributed by atoms with E-state index in [1.165, 1.54) is 0 Å². The minimum Gasteiger partial charge on any atom is -0.226 e. The van der Waals surface area contributed by atoms with Crippen molar-refractivity contribution >= 4 is 11.3 Å². The van der Waals surface area contributed by atoms with Crippen molar-refractivity contribution in [3.8, 4) is 0 Å². The lowest BCUT2D eigenvalue weighted by atomic mass is 10.5. The van der Waals surface area contributed by atoms with Gasteiger partial charge in [-0.15, -0.1) is 0 Å². The van der Waals surface area contributed by atoms with E-state index in [-0.39, 0.29) is 11.3 Å². The zero-order chi connectivity index (χ0) is 7.78. The average Bonchev–Trinajstić information content (AvgIpc) is 2.11. The number of halogens is 4. The molecule has 0 fully saturated rings. The predicted molar refractivity (Wildman–Crippen MR) is 25.9 cm³/mol. The van der Waals surface area contributed by atoms with Gasteiger partial charge in [0.1, 0.15) is 0 Å². The maximum atomic E-state index is 12.1. The molecule has 1 radical (unpaired) electrons. The minimum absolute atomic E-state index is 0.208. The standard InChI is InChI=1S/C4F4NS/c5-3-2(4(6,7)8)9-1-10-3. The summed E-state index contributed by atoms with van der Waals surface area (Å²) in [5.41, 5.74) is 0.313. The molecular weight excluding hydrogens is 170 g/mol. The van der Waals surface area contributed by atoms with Crippen LogP contribution in [-0.2, 0) is 6.18 Å². The number of hydrogen-bond acceptors (Lipinski definition) is 2. The number of alkyl halides is 3. The van der Waals surface area contributed by atoms with E-state index in [4.69, 9.17) is 0 Å². The number of hydrogen-bond donors (Lipinski definition) is 0. The van der Waals surface area contributed by atoms with E-state index in [1.54, 1.807) is 5.51 Å². The molecule has 0 aliphatic rings. The molecule has 1 rings (SSSR count). The number of nitrogens with zero attached hydrogens (tertiary/aromatic N) is 1. The van der Waals surface area contributed by atoms with Gasteiger partial charge in [-0.25, -0.2) is 4.98 Å². The average molecular weight is 170 g/mol. The van der Waals surface area contributed by atoms with Gasteiger partial charge < -0.3 is 0 Å². The molecule has 0 aromatic carbocycles. The first kappa shape index (κ1) is 7.46. The molecule has 0 N–H and O–H groups in total. The molecule has 0 aliphatic carbocycles. The van der Waals surface area contributed by atoms with E-state index in [0.717, 1.165) is 0 Å². The quantitative estimate of drug-likeness (QED) is 0.543. The Bertz CT molecular complexity index is 227. The van der Waals surface area contributed by atoms with Gasteiger partial charge in [-0.1, -0.05) is 11.3 Å². The highest BCUT2D eigenvalue weighted by molar-refractivity contribution is 7.07. The minimum atomic E-state index is -4.69. The summed E-state index contributed by atoms with van der Waals surface area (Å²) in [5.74, 6) is 0. The van der Waals surface area contributed by atoms with Crippen molar-refractivity contribution in [1.29, 1.82) is 0 Å². The third-order valence-electron chi connectivity index (χ3n) is 0.747. The van der Waals surface area contributed by atoms with Crippen molar-refractivity contribution < 1.29 is 17.6 Å². The van der Waals surface area contributed by atoms with Gasteiger partial charge in [0.15, 0.2) is 11.2 Å². The largest absolute Gasteiger partial charge is 0.437 e. The van der Waals surface area contributed by atoms with Crippen LogP contribution in [0.25, 0.3) is 0 Å². The number of rotatable bonds is 0. The highest BCUT2D eigenvalue weighted by Crippen LogP contribution is 2.30. The summed E-state index contributed by atoms with van der Waals surface area (Å²) in [6, 6.07) is 0. The molecule has 1 nitrogen and oxygen atoms in total. The lowest BCUT2D eigenvalue weighted by Crippen LogP contribution is -2.07. The second-order valence-electron chi connectivity index (χ2n) is 1.43. The second-order valence-corrected chi connectivity index (χ2v) is 2.17. The molecule has 1 aromatic rings. The van der Waals surface area contributed by atoms with Gasteiger partial charge in [0.25, 0.3) is 0 Å². The highest BCUT2D eigenvalue weighted by atomic mass is 32.1. The fourth-order valence-corrected chi connectivity index (χ4v) is 0.851. The van der Waals surface area contributed by atoms with E-state index in [1.807, 2.05) is 0 Å². The van der Waals surface area contributed by atoms with E-state index < -0.39 is 17.0 Å². The molecule has 1 aromatic heterocycles. The summed E-state index contributed by atoms with van der Waals surface area (Å²) in [5, 5.41) is -1.34. The summed E-state index contributed by atoms with van der Waals surface area (Å²) in [4.78, 5) is 2.68. The molecule has 0 saturated carbocycles. The van der Waals surface area contributed by atoms with E-state index in [2.05, 4.69) is 4.98 Å². The Morgan fingerprint density at radius 2 is 2.00 bits per heavy atom. The van der Waals surface area contributed by atoms with Crippen LogP contribution in [0.15, 0.2) is 0 Å². The molecule has 1 heterocycles. The van der Waals surface area contributed by atoms with Gasteiger partial charge in [-0.2, -0.15) is 17.6 Å². The van der Waals surface area contributed by atoms with Gasteiger partial charge in [-0.3, -0.25) is 0 Å². The van der Waals surface area contributed by atoms with E-state index >= 15 is 0 Å². The smallest absolute Gasteiger partial charge is 0.226 e. The lowest BCUT2D eigenvalue weighted by molar-refractivity contribution is -0.143. The van der Waals surface area contributed by atoms with Crippen LogP contribution in [0.2, 0.25) is 0 Å². The zero-order valence-electron chi connectivity index (χ0n) is 4.37. The Balaban J connectivity index is 3.05. The van der Waals surface area contributed by atoms with Gasteiger partial charge in [0, 0.05) is 0 Å². The van der Waals surface area contributed by atoms with Crippen LogP contribution in [-0.4, -0.2) is 4.98 Å². The Labute approximate surface area is 57.3 Å². The first-order chi connectivity index (χ1) is 4.52. The van der Waals surface area contributed by atoms with Crippen LogP contribution >= 0.6 is 11.3 Å². The SMILES string of the molecule is Fc1s[c]nc1C(F)(F)F. The fraction of sp³-hybridized carbons (Fsp3) is 0.250. The summed E-state index contributed by atoms with van der Waals surface area (Å²) in [7, 11) is 0. The summed E-state index contributed by atoms with van der Waals surface area (Å²) >= 11 is 0.208. The topological polar surface area (TPSA) is 12.9 Å². The molecule has 0 spiro atoms. The second kappa shape index (κ2) is 2.19. The van der Waals surface area contributed by atoms with E-state index in [9.17, 15) is 17.6 Å².